The molecule has 21 heavy (non-hydrogen) atoms. The molecule has 0 amide bonds. The number of nitro groups is 1. The number of benzene rings is 1. The zero-order valence-electron chi connectivity index (χ0n) is 13.1. The number of rotatable bonds is 6. The second kappa shape index (κ2) is 6.22. The van der Waals surface area contributed by atoms with Gasteiger partial charge >= 0.3 is 5.97 Å². The van der Waals surface area contributed by atoms with Gasteiger partial charge in [0.15, 0.2) is 0 Å². The number of aliphatic carboxylic acids is 1. The summed E-state index contributed by atoms with van der Waals surface area (Å²) in [5.41, 5.74) is 0.344. The minimum absolute atomic E-state index is 0.0588. The smallest absolute Gasteiger partial charge is 0.323 e. The fourth-order valence-electron chi connectivity index (χ4n) is 2.54. The van der Waals surface area contributed by atoms with Gasteiger partial charge in [0.2, 0.25) is 0 Å². The highest BCUT2D eigenvalue weighted by Crippen LogP contribution is 2.31. The Kier molecular flexibility index (Phi) is 5.06. The molecule has 1 rings (SSSR count). The molecule has 1 unspecified atom stereocenters. The van der Waals surface area contributed by atoms with Crippen LogP contribution < -0.4 is 0 Å². The summed E-state index contributed by atoms with van der Waals surface area (Å²) in [4.78, 5) is 23.9. The first-order valence-electron chi connectivity index (χ1n) is 6.88. The molecule has 116 valence electrons. The third-order valence-electron chi connectivity index (χ3n) is 3.96. The molecule has 1 aromatic rings. The van der Waals surface area contributed by atoms with Gasteiger partial charge in [-0.15, -0.1) is 0 Å². The van der Waals surface area contributed by atoms with Gasteiger partial charge in [-0.05, 0) is 39.8 Å². The first-order valence-corrected chi connectivity index (χ1v) is 6.88. The average molecular weight is 294 g/mol. The molecule has 0 radical (unpaired) electrons. The molecule has 6 nitrogen and oxygen atoms in total. The number of hydrogen-bond acceptors (Lipinski definition) is 4. The number of nitrogens with zero attached hydrogens (tertiary/aromatic N) is 2. The van der Waals surface area contributed by atoms with Crippen molar-refractivity contribution >= 4 is 11.7 Å². The predicted octanol–water partition coefficient (Wildman–Crippen LogP) is 3.15. The second-order valence-electron chi connectivity index (χ2n) is 5.63. The third kappa shape index (κ3) is 3.39. The van der Waals surface area contributed by atoms with E-state index in [9.17, 15) is 20.0 Å². The van der Waals surface area contributed by atoms with Crippen LogP contribution in [0.3, 0.4) is 0 Å². The van der Waals surface area contributed by atoms with Crippen LogP contribution in [-0.2, 0) is 4.79 Å². The minimum Gasteiger partial charge on any atom is -0.480 e. The van der Waals surface area contributed by atoms with E-state index in [-0.39, 0.29) is 11.7 Å². The number of nitro benzene ring substituents is 1. The summed E-state index contributed by atoms with van der Waals surface area (Å²) in [6.45, 7) is 9.23. The molecule has 0 saturated carbocycles. The average Bonchev–Trinajstić information content (AvgIpc) is 2.38. The summed E-state index contributed by atoms with van der Waals surface area (Å²) >= 11 is 0. The molecule has 0 fully saturated rings. The normalized spacial score (nSPS) is 13.2. The van der Waals surface area contributed by atoms with Crippen molar-refractivity contribution in [3.63, 3.8) is 0 Å². The van der Waals surface area contributed by atoms with Gasteiger partial charge in [-0.1, -0.05) is 19.1 Å². The van der Waals surface area contributed by atoms with E-state index in [4.69, 9.17) is 0 Å². The van der Waals surface area contributed by atoms with Crippen molar-refractivity contribution in [3.8, 4) is 0 Å². The highest BCUT2D eigenvalue weighted by molar-refractivity contribution is 5.77. The molecule has 0 aliphatic rings. The van der Waals surface area contributed by atoms with E-state index in [0.29, 0.717) is 12.1 Å². The van der Waals surface area contributed by atoms with Crippen molar-refractivity contribution in [2.24, 2.45) is 0 Å². The quantitative estimate of drug-likeness (QED) is 0.643. The lowest BCUT2D eigenvalue weighted by atomic mass is 9.96. The van der Waals surface area contributed by atoms with E-state index < -0.39 is 16.4 Å². The molecule has 1 aromatic carbocycles. The molecule has 1 atom stereocenters. The number of likely N-dealkylation sites (N-methyl/N-ethyl adjacent to an activating group) is 1. The molecule has 0 saturated heterocycles. The molecule has 0 aromatic heterocycles. The van der Waals surface area contributed by atoms with Crippen LogP contribution in [0.15, 0.2) is 18.2 Å². The summed E-state index contributed by atoms with van der Waals surface area (Å²) in [6.07, 6.45) is 0. The van der Waals surface area contributed by atoms with Gasteiger partial charge < -0.3 is 5.11 Å². The Morgan fingerprint density at radius 1 is 1.48 bits per heavy atom. The van der Waals surface area contributed by atoms with Crippen molar-refractivity contribution in [3.05, 3.63) is 39.4 Å². The van der Waals surface area contributed by atoms with E-state index in [1.165, 1.54) is 6.07 Å². The number of carboxylic acids is 1. The van der Waals surface area contributed by atoms with Gasteiger partial charge in [0, 0.05) is 17.7 Å². The minimum atomic E-state index is -1.05. The van der Waals surface area contributed by atoms with Gasteiger partial charge in [0.25, 0.3) is 5.69 Å². The standard InChI is InChI=1S/C15H22N2O4/c1-6-16(15(4,5)14(18)19)11(3)12-8-7-10(2)13(9-12)17(20)21/h7-9,11H,6H2,1-5H3,(H,18,19). The van der Waals surface area contributed by atoms with Crippen LogP contribution in [0.5, 0.6) is 0 Å². The van der Waals surface area contributed by atoms with Crippen molar-refractivity contribution in [2.45, 2.75) is 46.2 Å². The number of aryl methyl sites for hydroxylation is 1. The first kappa shape index (κ1) is 17.1. The van der Waals surface area contributed by atoms with Gasteiger partial charge in [0.1, 0.15) is 5.54 Å². The van der Waals surface area contributed by atoms with Crippen LogP contribution in [0.25, 0.3) is 0 Å². The van der Waals surface area contributed by atoms with Crippen molar-refractivity contribution < 1.29 is 14.8 Å². The van der Waals surface area contributed by atoms with Gasteiger partial charge in [-0.3, -0.25) is 19.8 Å². The Balaban J connectivity index is 3.23. The molecule has 0 spiro atoms. The molecule has 6 heteroatoms. The maximum Gasteiger partial charge on any atom is 0.323 e. The van der Waals surface area contributed by atoms with Crippen LogP contribution in [0.2, 0.25) is 0 Å². The summed E-state index contributed by atoms with van der Waals surface area (Å²) < 4.78 is 0. The Bertz CT molecular complexity index is 555. The molecular formula is C15H22N2O4. The summed E-state index contributed by atoms with van der Waals surface area (Å²) in [5, 5.41) is 20.4. The van der Waals surface area contributed by atoms with E-state index in [2.05, 4.69) is 0 Å². The molecule has 1 N–H and O–H groups in total. The fourth-order valence-corrected chi connectivity index (χ4v) is 2.54. The van der Waals surface area contributed by atoms with Crippen LogP contribution in [0, 0.1) is 17.0 Å². The lowest BCUT2D eigenvalue weighted by Gasteiger charge is -2.39. The van der Waals surface area contributed by atoms with Crippen molar-refractivity contribution in [1.82, 2.24) is 4.90 Å². The first-order chi connectivity index (χ1) is 9.62. The van der Waals surface area contributed by atoms with Crippen LogP contribution in [0.4, 0.5) is 5.69 Å². The Labute approximate surface area is 124 Å². The van der Waals surface area contributed by atoms with Crippen LogP contribution >= 0.6 is 0 Å². The van der Waals surface area contributed by atoms with Gasteiger partial charge in [-0.25, -0.2) is 0 Å². The van der Waals surface area contributed by atoms with Crippen molar-refractivity contribution in [2.75, 3.05) is 6.54 Å². The monoisotopic (exact) mass is 294 g/mol. The number of carbonyl (C=O) groups is 1. The summed E-state index contributed by atoms with van der Waals surface area (Å²) in [5.74, 6) is -0.919. The lowest BCUT2D eigenvalue weighted by Crippen LogP contribution is -2.51. The highest BCUT2D eigenvalue weighted by atomic mass is 16.6. The Hall–Kier alpha value is -1.95. The van der Waals surface area contributed by atoms with Gasteiger partial charge in [0.05, 0.1) is 4.92 Å². The number of hydrogen-bond donors (Lipinski definition) is 1. The SMILES string of the molecule is CCN(C(C)c1ccc(C)c([N+](=O)[O-])c1)C(C)(C)C(=O)O. The third-order valence-corrected chi connectivity index (χ3v) is 3.96. The fraction of sp³-hybridized carbons (Fsp3) is 0.533. The molecule has 0 heterocycles. The zero-order valence-corrected chi connectivity index (χ0v) is 13.1. The predicted molar refractivity (Wildman–Crippen MR) is 80.3 cm³/mol. The van der Waals surface area contributed by atoms with Gasteiger partial charge in [-0.2, -0.15) is 0 Å². The van der Waals surface area contributed by atoms with E-state index in [0.717, 1.165) is 5.56 Å². The second-order valence-corrected chi connectivity index (χ2v) is 5.63. The Morgan fingerprint density at radius 2 is 2.05 bits per heavy atom. The van der Waals surface area contributed by atoms with E-state index >= 15 is 0 Å². The highest BCUT2D eigenvalue weighted by Gasteiger charge is 2.37. The lowest BCUT2D eigenvalue weighted by molar-refractivity contribution is -0.385. The molecule has 0 aliphatic heterocycles. The largest absolute Gasteiger partial charge is 0.480 e. The summed E-state index contributed by atoms with van der Waals surface area (Å²) in [7, 11) is 0. The number of carboxylic acid groups (broad SMARTS) is 1. The topological polar surface area (TPSA) is 83.7 Å². The van der Waals surface area contributed by atoms with E-state index in [1.54, 1.807) is 26.8 Å². The van der Waals surface area contributed by atoms with Crippen LogP contribution in [-0.4, -0.2) is 33.0 Å². The molecular weight excluding hydrogens is 272 g/mol. The maximum atomic E-state index is 11.4. The Morgan fingerprint density at radius 3 is 2.48 bits per heavy atom. The molecule has 0 bridgehead atoms. The zero-order chi connectivity index (χ0) is 16.4. The summed E-state index contributed by atoms with van der Waals surface area (Å²) in [6, 6.07) is 4.81. The van der Waals surface area contributed by atoms with Crippen molar-refractivity contribution in [1.29, 1.82) is 0 Å². The maximum absolute atomic E-state index is 11.4. The van der Waals surface area contributed by atoms with E-state index in [1.807, 2.05) is 24.8 Å². The molecule has 0 aliphatic carbocycles. The van der Waals surface area contributed by atoms with Crippen LogP contribution in [0.1, 0.15) is 44.9 Å².